The molecule has 0 aliphatic carbocycles. The molecule has 8 nitrogen and oxygen atoms in total. The van der Waals surface area contributed by atoms with E-state index in [9.17, 15) is 21.4 Å². The van der Waals surface area contributed by atoms with E-state index in [1.54, 1.807) is 11.3 Å². The maximum atomic E-state index is 12.6. The summed E-state index contributed by atoms with van der Waals surface area (Å²) in [7, 11) is -8.36. The number of aryl methyl sites for hydroxylation is 1. The predicted octanol–water partition coefficient (Wildman–Crippen LogP) is 5.80. The lowest BCUT2D eigenvalue weighted by molar-refractivity contribution is -0.669. The Bertz CT molecular complexity index is 1640. The molecule has 3 heterocycles. The molecule has 0 radical (unpaired) electrons. The van der Waals surface area contributed by atoms with Crippen LogP contribution in [-0.4, -0.2) is 43.6 Å². The van der Waals surface area contributed by atoms with Gasteiger partial charge in [-0.2, -0.15) is 21.4 Å². The van der Waals surface area contributed by atoms with Crippen LogP contribution >= 0.6 is 55.0 Å². The Morgan fingerprint density at radius 1 is 1.05 bits per heavy atom. The molecule has 2 aliphatic rings. The molecule has 198 valence electrons. The number of thioether (sulfide) groups is 1. The third-order valence-electron chi connectivity index (χ3n) is 6.73. The molecule has 1 fully saturated rings. The number of unbranched alkanes of at least 4 members (excludes halogenated alkanes) is 1. The monoisotopic (exact) mass is 710 g/mol. The van der Waals surface area contributed by atoms with Crippen molar-refractivity contribution < 1.29 is 30.5 Å². The molecule has 3 aromatic rings. The van der Waals surface area contributed by atoms with Crippen molar-refractivity contribution in [3.63, 3.8) is 0 Å². The lowest BCUT2D eigenvalue weighted by Crippen LogP contribution is -2.53. The van der Waals surface area contributed by atoms with E-state index in [0.717, 1.165) is 39.8 Å². The molecule has 1 spiro atoms. The molecule has 2 aliphatic heterocycles. The Balaban J connectivity index is 1.64. The number of thiazole rings is 1. The van der Waals surface area contributed by atoms with Gasteiger partial charge in [0.2, 0.25) is 10.9 Å². The molecule has 2 aromatic carbocycles. The van der Waals surface area contributed by atoms with Crippen LogP contribution in [0.5, 0.6) is 0 Å². The lowest BCUT2D eigenvalue weighted by atomic mass is 10.2. The van der Waals surface area contributed by atoms with Crippen LogP contribution in [0.4, 0.5) is 5.69 Å². The fraction of sp³-hybridized carbons (Fsp3) is 0.348. The maximum Gasteiger partial charge on any atom is 0.320 e. The summed E-state index contributed by atoms with van der Waals surface area (Å²) >= 11 is 10.1. The summed E-state index contributed by atoms with van der Waals surface area (Å²) in [4.78, 5) is 0.952. The molecule has 37 heavy (non-hydrogen) atoms. The predicted molar refractivity (Wildman–Crippen MR) is 155 cm³/mol. The van der Waals surface area contributed by atoms with Gasteiger partial charge in [0.05, 0.1) is 23.3 Å². The van der Waals surface area contributed by atoms with E-state index < -0.39 is 25.6 Å². The Morgan fingerprint density at radius 2 is 1.78 bits per heavy atom. The normalized spacial score (nSPS) is 22.9. The smallest absolute Gasteiger partial charge is 0.286 e. The Kier molecular flexibility index (Phi) is 7.70. The molecule has 14 heteroatoms. The number of hydrogen-bond donors (Lipinski definition) is 2. The Morgan fingerprint density at radius 3 is 2.51 bits per heavy atom. The average Bonchev–Trinajstić information content (AvgIpc) is 3.47. The summed E-state index contributed by atoms with van der Waals surface area (Å²) in [6.07, 6.45) is 3.88. The highest BCUT2D eigenvalue weighted by Crippen LogP contribution is 2.57. The number of quaternary nitrogens is 1. The van der Waals surface area contributed by atoms with E-state index in [0.29, 0.717) is 38.8 Å². The second-order valence-corrected chi connectivity index (χ2v) is 16.2. The number of rotatable bonds is 7. The van der Waals surface area contributed by atoms with E-state index in [4.69, 9.17) is 4.55 Å². The largest absolute Gasteiger partial charge is 0.320 e. The van der Waals surface area contributed by atoms with Crippen molar-refractivity contribution in [1.29, 1.82) is 0 Å². The number of aromatic nitrogens is 1. The molecule has 1 aromatic heterocycles. The first kappa shape index (κ1) is 27.7. The molecule has 1 saturated heterocycles. The fourth-order valence-electron chi connectivity index (χ4n) is 5.20. The first-order valence-electron chi connectivity index (χ1n) is 11.5. The molecule has 0 amide bonds. The summed E-state index contributed by atoms with van der Waals surface area (Å²) in [5, 5.41) is 0.729. The number of benzene rings is 2. The summed E-state index contributed by atoms with van der Waals surface area (Å²) in [6.45, 7) is 1.08. The highest BCUT2D eigenvalue weighted by Gasteiger charge is 2.58. The van der Waals surface area contributed by atoms with Crippen LogP contribution < -0.4 is 9.05 Å². The number of fused-ring (bicyclic) bond motifs is 3. The van der Waals surface area contributed by atoms with Crippen molar-refractivity contribution >= 4 is 97.2 Å². The minimum atomic E-state index is -4.33. The van der Waals surface area contributed by atoms with Gasteiger partial charge in [0.25, 0.3) is 15.1 Å². The van der Waals surface area contributed by atoms with Gasteiger partial charge in [-0.05, 0) is 42.4 Å². The van der Waals surface area contributed by atoms with Gasteiger partial charge in [-0.3, -0.25) is 9.11 Å². The van der Waals surface area contributed by atoms with Crippen molar-refractivity contribution in [2.45, 2.75) is 42.5 Å². The highest BCUT2D eigenvalue weighted by molar-refractivity contribution is 9.10. The Labute approximate surface area is 240 Å². The van der Waals surface area contributed by atoms with Gasteiger partial charge in [-0.25, -0.2) is 4.48 Å². The number of hydrogen-bond acceptors (Lipinski definition) is 6. The van der Waals surface area contributed by atoms with Gasteiger partial charge >= 0.3 is 10.1 Å². The molecule has 0 bridgehead atoms. The standard InChI is InChI=1S/C23H22Br2N2O6S4/c24-15-5-7-19-17(12-15)26(9-1-2-11-36(28,29)30)21(34-19)14-22-27(10-3-4-23(27)37(31,32)33)18-13-16(25)6-8-20(18)35-22/h5-8,12-14,23H,1-4,9-11H2/p+2/b22-14-. The van der Waals surface area contributed by atoms with Crippen LogP contribution in [0.3, 0.4) is 0 Å². The van der Waals surface area contributed by atoms with Crippen molar-refractivity contribution in [1.82, 2.24) is 4.48 Å². The van der Waals surface area contributed by atoms with Crippen LogP contribution in [-0.2, 0) is 26.8 Å². The van der Waals surface area contributed by atoms with Gasteiger partial charge in [0.15, 0.2) is 17.3 Å². The molecule has 0 saturated carbocycles. The van der Waals surface area contributed by atoms with Crippen LogP contribution in [0.2, 0.25) is 0 Å². The first-order chi connectivity index (χ1) is 17.4. The van der Waals surface area contributed by atoms with E-state index >= 15 is 0 Å². The van der Waals surface area contributed by atoms with Crippen molar-refractivity contribution in [2.75, 3.05) is 12.3 Å². The lowest BCUT2D eigenvalue weighted by Gasteiger charge is -2.34. The number of halogens is 2. The van der Waals surface area contributed by atoms with Crippen LogP contribution in [0.15, 0.2) is 55.3 Å². The molecular formula is C23H24Br2N2O6S4+2. The Hall–Kier alpha value is -0.840. The molecule has 5 rings (SSSR count). The highest BCUT2D eigenvalue weighted by atomic mass is 79.9. The van der Waals surface area contributed by atoms with Crippen LogP contribution in [0.1, 0.15) is 30.7 Å². The van der Waals surface area contributed by atoms with Crippen molar-refractivity contribution in [3.05, 3.63) is 55.4 Å². The second-order valence-electron chi connectivity index (χ2n) is 9.10. The summed E-state index contributed by atoms with van der Waals surface area (Å²) in [5.41, 5.74) is 1.83. The van der Waals surface area contributed by atoms with E-state index in [1.165, 1.54) is 11.8 Å². The quantitative estimate of drug-likeness (QED) is 0.138. The van der Waals surface area contributed by atoms with Crippen LogP contribution in [0.25, 0.3) is 16.3 Å². The third kappa shape index (κ3) is 5.46. The first-order valence-corrected chi connectivity index (χ1v) is 17.8. The summed E-state index contributed by atoms with van der Waals surface area (Å²) in [5.74, 6) is -0.300. The van der Waals surface area contributed by atoms with Crippen LogP contribution in [0, 0.1) is 0 Å². The molecule has 2 unspecified atom stereocenters. The zero-order valence-electron chi connectivity index (χ0n) is 19.4. The van der Waals surface area contributed by atoms with Gasteiger partial charge in [-0.1, -0.05) is 43.2 Å². The summed E-state index contributed by atoms with van der Waals surface area (Å²) < 4.78 is 71.9. The van der Waals surface area contributed by atoms with E-state index in [1.807, 2.05) is 42.5 Å². The summed E-state index contributed by atoms with van der Waals surface area (Å²) in [6, 6.07) is 11.8. The minimum Gasteiger partial charge on any atom is -0.286 e. The molecule has 2 N–H and O–H groups in total. The topological polar surface area (TPSA) is 113 Å². The fourth-order valence-corrected chi connectivity index (χ4v) is 10.3. The van der Waals surface area contributed by atoms with Gasteiger partial charge in [-0.15, -0.1) is 0 Å². The third-order valence-corrected chi connectivity index (χ3v) is 12.1. The van der Waals surface area contributed by atoms with Gasteiger partial charge < -0.3 is 0 Å². The zero-order chi connectivity index (χ0) is 26.6. The van der Waals surface area contributed by atoms with Gasteiger partial charge in [0.1, 0.15) is 4.70 Å². The zero-order valence-corrected chi connectivity index (χ0v) is 25.8. The van der Waals surface area contributed by atoms with Crippen molar-refractivity contribution in [2.24, 2.45) is 0 Å². The minimum absolute atomic E-state index is 0.0545. The van der Waals surface area contributed by atoms with Gasteiger partial charge in [0, 0.05) is 40.3 Å². The molecule has 2 atom stereocenters. The second kappa shape index (κ2) is 10.3. The molecular weight excluding hydrogens is 688 g/mol. The number of nitrogens with zero attached hydrogens (tertiary/aromatic N) is 2. The maximum absolute atomic E-state index is 12.6. The van der Waals surface area contributed by atoms with Crippen molar-refractivity contribution in [3.8, 4) is 0 Å². The van der Waals surface area contributed by atoms with E-state index in [2.05, 4.69) is 36.4 Å². The SMILES string of the molecule is O=S(=O)(O)CCCC[n+]1c(/C=C2\Sc3ccc(Br)cc3[N+]23CCCC3S(=O)(=O)O)sc2ccc(Br)cc21. The van der Waals surface area contributed by atoms with E-state index in [-0.39, 0.29) is 10.2 Å². The average molecular weight is 713 g/mol.